The van der Waals surface area contributed by atoms with Gasteiger partial charge in [-0.25, -0.2) is 22.6 Å². The molecule has 2 heterocycles. The Hall–Kier alpha value is -3.37. The Balaban J connectivity index is 1.54. The molecule has 0 atom stereocenters. The fourth-order valence-corrected chi connectivity index (χ4v) is 5.23. The number of nitrogens with zero attached hydrogens (tertiary/aromatic N) is 3. The van der Waals surface area contributed by atoms with Gasteiger partial charge in [0.05, 0.1) is 16.3 Å². The summed E-state index contributed by atoms with van der Waals surface area (Å²) >= 11 is 5.87. The zero-order valence-electron chi connectivity index (χ0n) is 17.3. The number of aromatic carboxylic acids is 1. The highest BCUT2D eigenvalue weighted by atomic mass is 35.5. The number of carbonyl (C=O) groups is 1. The lowest BCUT2D eigenvalue weighted by atomic mass is 10.1. The Kier molecular flexibility index (Phi) is 6.39. The van der Waals surface area contributed by atoms with E-state index in [9.17, 15) is 22.7 Å². The molecule has 0 spiro atoms. The maximum atomic E-state index is 13.3. The second-order valence-electron chi connectivity index (χ2n) is 7.38. The van der Waals surface area contributed by atoms with Crippen molar-refractivity contribution < 1.29 is 22.7 Å². The fourth-order valence-electron chi connectivity index (χ4n) is 3.62. The van der Waals surface area contributed by atoms with E-state index >= 15 is 0 Å². The molecule has 4 rings (SSSR count). The van der Waals surface area contributed by atoms with Crippen LogP contribution >= 0.6 is 11.6 Å². The smallest absolute Gasteiger partial charge is 0.337 e. The predicted octanol–water partition coefficient (Wildman–Crippen LogP) is 3.70. The van der Waals surface area contributed by atoms with Gasteiger partial charge in [0.2, 0.25) is 0 Å². The average Bonchev–Trinajstić information content (AvgIpc) is 2.79. The molecule has 2 aromatic carbocycles. The Morgan fingerprint density at radius 3 is 2.39 bits per heavy atom. The number of sulfonamides is 1. The largest absolute Gasteiger partial charge is 0.478 e. The minimum Gasteiger partial charge on any atom is -0.478 e. The van der Waals surface area contributed by atoms with E-state index in [1.807, 2.05) is 23.1 Å². The fraction of sp³-hybridized carbons (Fsp3) is 0.182. The first kappa shape index (κ1) is 22.8. The number of nitrogens with one attached hydrogen (secondary N) is 1. The zero-order chi connectivity index (χ0) is 23.6. The van der Waals surface area contributed by atoms with Crippen LogP contribution in [0.4, 0.5) is 21.6 Å². The van der Waals surface area contributed by atoms with Gasteiger partial charge in [0.25, 0.3) is 10.0 Å². The van der Waals surface area contributed by atoms with Gasteiger partial charge in [0.15, 0.2) is 0 Å². The summed E-state index contributed by atoms with van der Waals surface area (Å²) in [4.78, 5) is 20.1. The van der Waals surface area contributed by atoms with Gasteiger partial charge >= 0.3 is 5.97 Å². The summed E-state index contributed by atoms with van der Waals surface area (Å²) in [5, 5.41) is 9.39. The molecule has 0 radical (unpaired) electrons. The van der Waals surface area contributed by atoms with Gasteiger partial charge in [0, 0.05) is 38.1 Å². The third-order valence-electron chi connectivity index (χ3n) is 5.28. The lowest BCUT2D eigenvalue weighted by Crippen LogP contribution is -2.46. The highest BCUT2D eigenvalue weighted by molar-refractivity contribution is 7.92. The van der Waals surface area contributed by atoms with Crippen LogP contribution < -0.4 is 14.5 Å². The van der Waals surface area contributed by atoms with E-state index in [2.05, 4.69) is 14.6 Å². The number of rotatable bonds is 6. The van der Waals surface area contributed by atoms with Crippen molar-refractivity contribution in [2.24, 2.45) is 0 Å². The first-order valence-corrected chi connectivity index (χ1v) is 11.9. The summed E-state index contributed by atoms with van der Waals surface area (Å²) in [6.45, 7) is 2.70. The number of benzene rings is 2. The number of anilines is 3. The normalized spacial score (nSPS) is 14.2. The quantitative estimate of drug-likeness (QED) is 0.543. The Bertz CT molecular complexity index is 1280. The summed E-state index contributed by atoms with van der Waals surface area (Å²) in [6, 6.07) is 13.1. The highest BCUT2D eigenvalue weighted by Crippen LogP contribution is 2.29. The summed E-state index contributed by atoms with van der Waals surface area (Å²) < 4.78 is 41.0. The van der Waals surface area contributed by atoms with Gasteiger partial charge in [-0.3, -0.25) is 4.72 Å². The van der Waals surface area contributed by atoms with Gasteiger partial charge in [-0.1, -0.05) is 17.7 Å². The average molecular weight is 491 g/mol. The zero-order valence-corrected chi connectivity index (χ0v) is 18.9. The minimum absolute atomic E-state index is 0.112. The molecule has 3 aromatic rings. The number of piperazine rings is 1. The third kappa shape index (κ3) is 5.01. The molecule has 11 heteroatoms. The molecule has 0 saturated carbocycles. The van der Waals surface area contributed by atoms with Crippen molar-refractivity contribution in [3.05, 3.63) is 77.2 Å². The highest BCUT2D eigenvalue weighted by Gasteiger charge is 2.24. The van der Waals surface area contributed by atoms with Crippen LogP contribution in [0, 0.1) is 5.82 Å². The second kappa shape index (κ2) is 9.24. The van der Waals surface area contributed by atoms with Crippen LogP contribution in [0.1, 0.15) is 10.4 Å². The molecule has 0 amide bonds. The maximum Gasteiger partial charge on any atom is 0.337 e. The van der Waals surface area contributed by atoms with Crippen molar-refractivity contribution in [2.45, 2.75) is 4.90 Å². The molecular formula is C22H20ClFN4O4S. The van der Waals surface area contributed by atoms with E-state index in [4.69, 9.17) is 11.6 Å². The molecule has 1 aromatic heterocycles. The van der Waals surface area contributed by atoms with Gasteiger partial charge in [0.1, 0.15) is 16.5 Å². The van der Waals surface area contributed by atoms with E-state index in [1.54, 1.807) is 12.3 Å². The number of carboxylic acids is 1. The van der Waals surface area contributed by atoms with E-state index in [0.717, 1.165) is 24.0 Å². The number of aromatic nitrogens is 1. The summed E-state index contributed by atoms with van der Waals surface area (Å²) in [5.74, 6) is -1.09. The number of halogens is 2. The van der Waals surface area contributed by atoms with Crippen molar-refractivity contribution in [1.29, 1.82) is 0 Å². The maximum absolute atomic E-state index is 13.3. The van der Waals surface area contributed by atoms with Gasteiger partial charge in [-0.05, 0) is 48.5 Å². The molecule has 1 fully saturated rings. The van der Waals surface area contributed by atoms with Crippen LogP contribution in [-0.4, -0.2) is 50.7 Å². The van der Waals surface area contributed by atoms with Gasteiger partial charge < -0.3 is 14.9 Å². The first-order valence-electron chi connectivity index (χ1n) is 10.0. The Labute approximate surface area is 195 Å². The first-order chi connectivity index (χ1) is 15.7. The molecule has 0 aliphatic carbocycles. The molecular weight excluding hydrogens is 471 g/mol. The van der Waals surface area contributed by atoms with Crippen molar-refractivity contribution in [3.8, 4) is 0 Å². The molecule has 0 unspecified atom stereocenters. The van der Waals surface area contributed by atoms with E-state index in [-0.39, 0.29) is 21.2 Å². The second-order valence-corrected chi connectivity index (χ2v) is 9.44. The van der Waals surface area contributed by atoms with Crippen LogP contribution in [0.3, 0.4) is 0 Å². The van der Waals surface area contributed by atoms with Crippen LogP contribution in [-0.2, 0) is 10.0 Å². The lowest BCUT2D eigenvalue weighted by molar-refractivity contribution is 0.0698. The standard InChI is InChI=1S/C22H20ClFN4O4S/c23-18-13-15(24)4-7-20(18)33(31,32)26-19-6-5-16(14-17(19)22(29)30)27-9-11-28(12-10-27)21-3-1-2-8-25-21/h1-8,13-14,26H,9-12H2,(H,29,30). The van der Waals surface area contributed by atoms with Crippen LogP contribution in [0.5, 0.6) is 0 Å². The Morgan fingerprint density at radius 1 is 1.03 bits per heavy atom. The van der Waals surface area contributed by atoms with Gasteiger partial charge in [-0.2, -0.15) is 0 Å². The van der Waals surface area contributed by atoms with E-state index in [1.165, 1.54) is 12.1 Å². The van der Waals surface area contributed by atoms with Crippen molar-refractivity contribution in [3.63, 3.8) is 0 Å². The number of pyridine rings is 1. The topological polar surface area (TPSA) is 103 Å². The van der Waals surface area contributed by atoms with Crippen LogP contribution in [0.2, 0.25) is 5.02 Å². The van der Waals surface area contributed by atoms with Gasteiger partial charge in [-0.15, -0.1) is 0 Å². The minimum atomic E-state index is -4.23. The summed E-state index contributed by atoms with van der Waals surface area (Å²) in [5.41, 5.74) is 0.344. The van der Waals surface area contributed by atoms with Crippen molar-refractivity contribution in [2.75, 3.05) is 40.7 Å². The molecule has 33 heavy (non-hydrogen) atoms. The lowest BCUT2D eigenvalue weighted by Gasteiger charge is -2.36. The van der Waals surface area contributed by atoms with Crippen LogP contribution in [0.25, 0.3) is 0 Å². The van der Waals surface area contributed by atoms with E-state index < -0.39 is 21.8 Å². The SMILES string of the molecule is O=C(O)c1cc(N2CCN(c3ccccn3)CC2)ccc1NS(=O)(=O)c1ccc(F)cc1Cl. The molecule has 1 aliphatic rings. The molecule has 0 bridgehead atoms. The Morgan fingerprint density at radius 2 is 1.76 bits per heavy atom. The molecule has 172 valence electrons. The number of hydrogen-bond donors (Lipinski definition) is 2. The molecule has 8 nitrogen and oxygen atoms in total. The third-order valence-corrected chi connectivity index (χ3v) is 7.13. The summed E-state index contributed by atoms with van der Waals surface area (Å²) in [7, 11) is -4.23. The molecule has 2 N–H and O–H groups in total. The number of carboxylic acid groups (broad SMARTS) is 1. The van der Waals surface area contributed by atoms with Crippen molar-refractivity contribution >= 4 is 44.8 Å². The molecule has 1 saturated heterocycles. The summed E-state index contributed by atoms with van der Waals surface area (Å²) in [6.07, 6.45) is 1.74. The van der Waals surface area contributed by atoms with Crippen LogP contribution in [0.15, 0.2) is 65.7 Å². The van der Waals surface area contributed by atoms with Crippen molar-refractivity contribution in [1.82, 2.24) is 4.98 Å². The number of hydrogen-bond acceptors (Lipinski definition) is 6. The van der Waals surface area contributed by atoms with E-state index in [0.29, 0.717) is 31.9 Å². The molecule has 1 aliphatic heterocycles. The predicted molar refractivity (Wildman–Crippen MR) is 124 cm³/mol. The monoisotopic (exact) mass is 490 g/mol.